The minimum absolute atomic E-state index is 0.444. The number of hydrogen-bond donors (Lipinski definition) is 3. The molecule has 3 aromatic rings. The summed E-state index contributed by atoms with van der Waals surface area (Å²) in [4.78, 5) is 8.44. The normalized spacial score (nSPS) is 11.8. The highest BCUT2D eigenvalue weighted by Gasteiger charge is 2.10. The lowest BCUT2D eigenvalue weighted by molar-refractivity contribution is 0.584. The summed E-state index contributed by atoms with van der Waals surface area (Å²) in [5, 5.41) is 3.36. The maximum atomic E-state index is 13.7. The van der Waals surface area contributed by atoms with Crippen LogP contribution in [0.2, 0.25) is 0 Å². The van der Waals surface area contributed by atoms with E-state index in [1.54, 1.807) is 36.6 Å². The van der Waals surface area contributed by atoms with Crippen molar-refractivity contribution in [2.24, 2.45) is 10.7 Å². The number of allylic oxidation sites excluding steroid dienone is 1. The lowest BCUT2D eigenvalue weighted by Gasteiger charge is -2.14. The number of nitrogens with one attached hydrogen (secondary N) is 2. The average Bonchev–Trinajstić information content (AvgIpc) is 2.79. The second-order valence-corrected chi connectivity index (χ2v) is 7.98. The van der Waals surface area contributed by atoms with Crippen molar-refractivity contribution in [3.63, 3.8) is 0 Å². The molecular formula is C24H25F2N5S. The fourth-order valence-electron chi connectivity index (χ4n) is 3.05. The quantitative estimate of drug-likeness (QED) is 0.232. The first kappa shape index (κ1) is 23.4. The molecule has 0 aliphatic heterocycles. The molecule has 0 bridgehead atoms. The Labute approximate surface area is 191 Å². The van der Waals surface area contributed by atoms with Gasteiger partial charge in [0, 0.05) is 53.9 Å². The van der Waals surface area contributed by atoms with Gasteiger partial charge >= 0.3 is 0 Å². The van der Waals surface area contributed by atoms with Crippen molar-refractivity contribution in [1.82, 2.24) is 9.71 Å². The zero-order valence-electron chi connectivity index (χ0n) is 17.7. The van der Waals surface area contributed by atoms with Crippen LogP contribution in [0.5, 0.6) is 0 Å². The lowest BCUT2D eigenvalue weighted by atomic mass is 9.99. The van der Waals surface area contributed by atoms with Gasteiger partial charge in [-0.15, -0.1) is 0 Å². The fourth-order valence-corrected chi connectivity index (χ4v) is 3.46. The maximum Gasteiger partial charge on any atom is 0.126 e. The first-order chi connectivity index (χ1) is 15.6. The SMILES string of the molecule is CNSCCNc1ccc(-c2cc(F)cc(F)c2)cc1/C(N)=C/C=NCc1cccnc1. The Hall–Kier alpha value is -3.23. The van der Waals surface area contributed by atoms with E-state index in [0.717, 1.165) is 35.2 Å². The highest BCUT2D eigenvalue weighted by atomic mass is 32.2. The van der Waals surface area contributed by atoms with E-state index in [9.17, 15) is 8.78 Å². The van der Waals surface area contributed by atoms with Gasteiger partial charge in [-0.25, -0.2) is 8.78 Å². The topological polar surface area (TPSA) is 75.3 Å². The molecule has 1 heterocycles. The van der Waals surface area contributed by atoms with Gasteiger partial charge in [0.2, 0.25) is 0 Å². The van der Waals surface area contributed by atoms with Crippen molar-refractivity contribution >= 4 is 29.5 Å². The van der Waals surface area contributed by atoms with Crippen LogP contribution in [0.25, 0.3) is 16.8 Å². The largest absolute Gasteiger partial charge is 0.398 e. The van der Waals surface area contributed by atoms with Crippen molar-refractivity contribution in [2.75, 3.05) is 24.7 Å². The van der Waals surface area contributed by atoms with Gasteiger partial charge < -0.3 is 11.1 Å². The van der Waals surface area contributed by atoms with Gasteiger partial charge in [0.05, 0.1) is 6.54 Å². The summed E-state index contributed by atoms with van der Waals surface area (Å²) in [6.07, 6.45) is 6.84. The van der Waals surface area contributed by atoms with E-state index in [2.05, 4.69) is 20.0 Å². The molecule has 0 aliphatic carbocycles. The maximum absolute atomic E-state index is 13.7. The van der Waals surface area contributed by atoms with Crippen LogP contribution >= 0.6 is 11.9 Å². The van der Waals surface area contributed by atoms with Gasteiger partial charge in [-0.2, -0.15) is 0 Å². The van der Waals surface area contributed by atoms with Gasteiger partial charge in [-0.3, -0.25) is 14.7 Å². The number of aliphatic imine (C=N–C) groups is 1. The summed E-state index contributed by atoms with van der Waals surface area (Å²) >= 11 is 1.59. The zero-order chi connectivity index (χ0) is 22.8. The molecule has 3 rings (SSSR count). The Bertz CT molecular complexity index is 1070. The minimum atomic E-state index is -0.626. The second-order valence-electron chi connectivity index (χ2n) is 6.87. The number of rotatable bonds is 10. The van der Waals surface area contributed by atoms with Gasteiger partial charge in [-0.05, 0) is 60.1 Å². The Morgan fingerprint density at radius 2 is 1.94 bits per heavy atom. The van der Waals surface area contributed by atoms with Crippen LogP contribution in [0.15, 0.2) is 72.0 Å². The standard InChI is InChI=1S/C24H25F2N5S/c1-28-32-10-9-31-24-5-4-18(19-11-20(25)14-21(26)12-19)13-22(24)23(27)6-8-30-16-17-3-2-7-29-15-17/h2-8,11-15,28,31H,9-10,16,27H2,1H3/b23-6-,30-8?. The predicted octanol–water partition coefficient (Wildman–Crippen LogP) is 4.88. The number of anilines is 1. The smallest absolute Gasteiger partial charge is 0.126 e. The van der Waals surface area contributed by atoms with Crippen LogP contribution < -0.4 is 15.8 Å². The molecule has 0 aliphatic rings. The summed E-state index contributed by atoms with van der Waals surface area (Å²) < 4.78 is 30.5. The first-order valence-electron chi connectivity index (χ1n) is 10.0. The molecule has 0 amide bonds. The Morgan fingerprint density at radius 1 is 1.12 bits per heavy atom. The number of halogens is 2. The van der Waals surface area contributed by atoms with E-state index < -0.39 is 11.6 Å². The molecule has 32 heavy (non-hydrogen) atoms. The van der Waals surface area contributed by atoms with Crippen LogP contribution in [0.3, 0.4) is 0 Å². The van der Waals surface area contributed by atoms with Crippen LogP contribution in [-0.2, 0) is 6.54 Å². The lowest BCUT2D eigenvalue weighted by Crippen LogP contribution is -2.10. The predicted molar refractivity (Wildman–Crippen MR) is 130 cm³/mol. The Kier molecular flexibility index (Phi) is 8.77. The van der Waals surface area contributed by atoms with Gasteiger partial charge in [0.25, 0.3) is 0 Å². The zero-order valence-corrected chi connectivity index (χ0v) is 18.5. The summed E-state index contributed by atoms with van der Waals surface area (Å²) in [6, 6.07) is 12.8. The monoisotopic (exact) mass is 453 g/mol. The van der Waals surface area contributed by atoms with E-state index in [1.807, 2.05) is 37.4 Å². The van der Waals surface area contributed by atoms with Crippen LogP contribution in [0.1, 0.15) is 11.1 Å². The molecule has 2 aromatic carbocycles. The molecule has 5 nitrogen and oxygen atoms in total. The van der Waals surface area contributed by atoms with Crippen molar-refractivity contribution < 1.29 is 8.78 Å². The highest BCUT2D eigenvalue weighted by molar-refractivity contribution is 7.97. The Morgan fingerprint density at radius 3 is 2.66 bits per heavy atom. The molecule has 1 aromatic heterocycles. The summed E-state index contributed by atoms with van der Waals surface area (Å²) in [7, 11) is 1.87. The number of nitrogens with two attached hydrogens (primary N) is 1. The minimum Gasteiger partial charge on any atom is -0.398 e. The van der Waals surface area contributed by atoms with E-state index in [0.29, 0.717) is 23.4 Å². The second kappa shape index (κ2) is 12.0. The van der Waals surface area contributed by atoms with Gasteiger partial charge in [-0.1, -0.05) is 24.1 Å². The molecule has 0 spiro atoms. The van der Waals surface area contributed by atoms with Gasteiger partial charge in [0.1, 0.15) is 11.6 Å². The number of benzene rings is 2. The molecule has 0 radical (unpaired) electrons. The van der Waals surface area contributed by atoms with Crippen LogP contribution in [0.4, 0.5) is 14.5 Å². The van der Waals surface area contributed by atoms with Crippen LogP contribution in [0, 0.1) is 11.6 Å². The third kappa shape index (κ3) is 6.90. The molecule has 4 N–H and O–H groups in total. The molecule has 166 valence electrons. The number of hydrogen-bond acceptors (Lipinski definition) is 6. The molecular weight excluding hydrogens is 428 g/mol. The van der Waals surface area contributed by atoms with E-state index >= 15 is 0 Å². The average molecular weight is 454 g/mol. The third-order valence-electron chi connectivity index (χ3n) is 4.55. The Balaban J connectivity index is 1.86. The van der Waals surface area contributed by atoms with Crippen LogP contribution in [-0.4, -0.2) is 30.5 Å². The first-order valence-corrected chi connectivity index (χ1v) is 11.0. The third-order valence-corrected chi connectivity index (χ3v) is 5.24. The number of aromatic nitrogens is 1. The summed E-state index contributed by atoms with van der Waals surface area (Å²) in [5.41, 5.74) is 10.5. The van der Waals surface area contributed by atoms with E-state index in [-0.39, 0.29) is 0 Å². The molecule has 0 atom stereocenters. The summed E-state index contributed by atoms with van der Waals surface area (Å²) in [6.45, 7) is 1.21. The molecule has 0 saturated carbocycles. The molecule has 0 fully saturated rings. The van der Waals surface area contributed by atoms with E-state index in [1.165, 1.54) is 12.1 Å². The van der Waals surface area contributed by atoms with E-state index in [4.69, 9.17) is 5.73 Å². The molecule has 8 heteroatoms. The molecule has 0 unspecified atom stereocenters. The van der Waals surface area contributed by atoms with Crippen molar-refractivity contribution in [2.45, 2.75) is 6.54 Å². The fraction of sp³-hybridized carbons (Fsp3) is 0.167. The number of nitrogens with zero attached hydrogens (tertiary/aromatic N) is 2. The molecule has 0 saturated heterocycles. The van der Waals surface area contributed by atoms with Crippen molar-refractivity contribution in [3.05, 3.63) is 89.8 Å². The van der Waals surface area contributed by atoms with Crippen molar-refractivity contribution in [1.29, 1.82) is 0 Å². The highest BCUT2D eigenvalue weighted by Crippen LogP contribution is 2.29. The number of pyridine rings is 1. The van der Waals surface area contributed by atoms with Gasteiger partial charge in [0.15, 0.2) is 0 Å². The van der Waals surface area contributed by atoms with Crippen molar-refractivity contribution in [3.8, 4) is 11.1 Å². The summed E-state index contributed by atoms with van der Waals surface area (Å²) in [5.74, 6) is -0.402.